The van der Waals surface area contributed by atoms with E-state index in [2.05, 4.69) is 27.5 Å². The molecule has 1 aromatic carbocycles. The maximum Gasteiger partial charge on any atom is 0.274 e. The first kappa shape index (κ1) is 16.8. The van der Waals surface area contributed by atoms with Crippen LogP contribution in [0.2, 0.25) is 0 Å². The Morgan fingerprint density at radius 1 is 1.17 bits per heavy atom. The standard InChI is InChI=1S/C16H18F2N4O/c1-3-4-7-19-16-20-10(2)8-14(22-16)15(23)21-11-5-6-12(17)13(18)9-11/h5-6,8-9H,3-4,7H2,1-2H3,(H,21,23)(H,19,20,22). The number of unbranched alkanes of at least 4 members (excludes halogenated alkanes) is 1. The molecule has 2 N–H and O–H groups in total. The molecular weight excluding hydrogens is 302 g/mol. The fourth-order valence-corrected chi connectivity index (χ4v) is 1.91. The predicted octanol–water partition coefficient (Wildman–Crippen LogP) is 3.53. The van der Waals surface area contributed by atoms with Gasteiger partial charge in [-0.05, 0) is 31.5 Å². The zero-order valence-corrected chi connectivity index (χ0v) is 13.0. The topological polar surface area (TPSA) is 66.9 Å². The van der Waals surface area contributed by atoms with Crippen molar-refractivity contribution in [1.29, 1.82) is 0 Å². The fraction of sp³-hybridized carbons (Fsp3) is 0.312. The summed E-state index contributed by atoms with van der Waals surface area (Å²) >= 11 is 0. The van der Waals surface area contributed by atoms with Gasteiger partial charge in [-0.3, -0.25) is 4.79 Å². The summed E-state index contributed by atoms with van der Waals surface area (Å²) in [6.07, 6.45) is 2.00. The zero-order valence-electron chi connectivity index (χ0n) is 13.0. The summed E-state index contributed by atoms with van der Waals surface area (Å²) in [6, 6.07) is 4.68. The van der Waals surface area contributed by atoms with Gasteiger partial charge in [-0.25, -0.2) is 18.7 Å². The van der Waals surface area contributed by atoms with Crippen LogP contribution in [0.1, 0.15) is 35.9 Å². The van der Waals surface area contributed by atoms with Crippen molar-refractivity contribution in [3.05, 3.63) is 47.3 Å². The number of hydrogen-bond acceptors (Lipinski definition) is 4. The van der Waals surface area contributed by atoms with Crippen LogP contribution < -0.4 is 10.6 Å². The molecule has 1 amide bonds. The lowest BCUT2D eigenvalue weighted by molar-refractivity contribution is 0.102. The number of halogens is 2. The Morgan fingerprint density at radius 3 is 2.65 bits per heavy atom. The van der Waals surface area contributed by atoms with E-state index in [9.17, 15) is 13.6 Å². The predicted molar refractivity (Wildman–Crippen MR) is 84.5 cm³/mol. The average Bonchev–Trinajstić information content (AvgIpc) is 2.51. The molecule has 0 atom stereocenters. The van der Waals surface area contributed by atoms with Gasteiger partial charge in [-0.15, -0.1) is 0 Å². The van der Waals surface area contributed by atoms with Crippen molar-refractivity contribution >= 4 is 17.5 Å². The number of nitrogens with zero attached hydrogens (tertiary/aromatic N) is 2. The van der Waals surface area contributed by atoms with E-state index in [0.717, 1.165) is 25.0 Å². The quantitative estimate of drug-likeness (QED) is 0.799. The highest BCUT2D eigenvalue weighted by Crippen LogP contribution is 2.14. The summed E-state index contributed by atoms with van der Waals surface area (Å²) in [5.74, 6) is -2.14. The number of anilines is 2. The van der Waals surface area contributed by atoms with Crippen LogP contribution in [-0.4, -0.2) is 22.4 Å². The minimum Gasteiger partial charge on any atom is -0.354 e. The summed E-state index contributed by atoms with van der Waals surface area (Å²) < 4.78 is 26.1. The highest BCUT2D eigenvalue weighted by molar-refractivity contribution is 6.03. The third kappa shape index (κ3) is 4.70. The summed E-state index contributed by atoms with van der Waals surface area (Å²) in [7, 11) is 0. The third-order valence-corrected chi connectivity index (χ3v) is 3.08. The molecule has 122 valence electrons. The molecule has 23 heavy (non-hydrogen) atoms. The van der Waals surface area contributed by atoms with Crippen molar-refractivity contribution < 1.29 is 13.6 Å². The molecule has 2 aromatic rings. The molecule has 1 aromatic heterocycles. The van der Waals surface area contributed by atoms with Crippen LogP contribution in [0.4, 0.5) is 20.4 Å². The van der Waals surface area contributed by atoms with Crippen LogP contribution in [0, 0.1) is 18.6 Å². The van der Waals surface area contributed by atoms with Gasteiger partial charge in [0.05, 0.1) is 0 Å². The fourth-order valence-electron chi connectivity index (χ4n) is 1.91. The summed E-state index contributed by atoms with van der Waals surface area (Å²) in [6.45, 7) is 4.53. The molecule has 7 heteroatoms. The molecule has 0 aliphatic carbocycles. The van der Waals surface area contributed by atoms with Gasteiger partial charge < -0.3 is 10.6 Å². The second-order valence-corrected chi connectivity index (χ2v) is 5.08. The highest BCUT2D eigenvalue weighted by atomic mass is 19.2. The van der Waals surface area contributed by atoms with Gasteiger partial charge >= 0.3 is 0 Å². The average molecular weight is 320 g/mol. The Hall–Kier alpha value is -2.57. The molecule has 0 saturated carbocycles. The van der Waals surface area contributed by atoms with Crippen molar-refractivity contribution in [2.75, 3.05) is 17.2 Å². The summed E-state index contributed by atoms with van der Waals surface area (Å²) in [5.41, 5.74) is 0.946. The molecule has 0 unspecified atom stereocenters. The molecule has 1 heterocycles. The third-order valence-electron chi connectivity index (χ3n) is 3.08. The maximum absolute atomic E-state index is 13.2. The molecule has 2 rings (SSSR count). The van der Waals surface area contributed by atoms with Gasteiger partial charge in [0, 0.05) is 24.0 Å². The van der Waals surface area contributed by atoms with E-state index in [4.69, 9.17) is 0 Å². The number of carbonyl (C=O) groups excluding carboxylic acids is 1. The zero-order chi connectivity index (χ0) is 16.8. The molecule has 0 aliphatic rings. The van der Waals surface area contributed by atoms with Crippen molar-refractivity contribution in [3.8, 4) is 0 Å². The van der Waals surface area contributed by atoms with Gasteiger partial charge in [-0.2, -0.15) is 0 Å². The van der Waals surface area contributed by atoms with Crippen LogP contribution >= 0.6 is 0 Å². The Morgan fingerprint density at radius 2 is 1.96 bits per heavy atom. The molecule has 5 nitrogen and oxygen atoms in total. The molecule has 0 aliphatic heterocycles. The number of carbonyl (C=O) groups is 1. The smallest absolute Gasteiger partial charge is 0.274 e. The van der Waals surface area contributed by atoms with Crippen LogP contribution in [0.3, 0.4) is 0 Å². The first-order valence-electron chi connectivity index (χ1n) is 7.35. The van der Waals surface area contributed by atoms with Crippen LogP contribution in [0.5, 0.6) is 0 Å². The van der Waals surface area contributed by atoms with E-state index in [1.165, 1.54) is 12.1 Å². The Bertz CT molecular complexity index is 706. The van der Waals surface area contributed by atoms with Crippen molar-refractivity contribution in [3.63, 3.8) is 0 Å². The van der Waals surface area contributed by atoms with E-state index in [1.54, 1.807) is 6.92 Å². The summed E-state index contributed by atoms with van der Waals surface area (Å²) in [5, 5.41) is 5.53. The van der Waals surface area contributed by atoms with Crippen molar-refractivity contribution in [2.45, 2.75) is 26.7 Å². The number of aryl methyl sites for hydroxylation is 1. The lowest BCUT2D eigenvalue weighted by Crippen LogP contribution is -2.16. The number of hydrogen-bond donors (Lipinski definition) is 2. The first-order chi connectivity index (χ1) is 11.0. The molecular formula is C16H18F2N4O. The van der Waals surface area contributed by atoms with Gasteiger partial charge in [0.1, 0.15) is 5.69 Å². The minimum absolute atomic E-state index is 0.154. The van der Waals surface area contributed by atoms with Crippen molar-refractivity contribution in [1.82, 2.24) is 9.97 Å². The van der Waals surface area contributed by atoms with Crippen molar-refractivity contribution in [2.24, 2.45) is 0 Å². The second kappa shape index (κ2) is 7.62. The maximum atomic E-state index is 13.2. The lowest BCUT2D eigenvalue weighted by atomic mass is 10.2. The van der Waals surface area contributed by atoms with Gasteiger partial charge in [0.25, 0.3) is 5.91 Å². The number of amides is 1. The largest absolute Gasteiger partial charge is 0.354 e. The van der Waals surface area contributed by atoms with Gasteiger partial charge in [0.15, 0.2) is 11.6 Å². The highest BCUT2D eigenvalue weighted by Gasteiger charge is 2.12. The lowest BCUT2D eigenvalue weighted by Gasteiger charge is -2.09. The number of aromatic nitrogens is 2. The SMILES string of the molecule is CCCCNc1nc(C)cc(C(=O)Nc2ccc(F)c(F)c2)n1. The molecule has 0 radical (unpaired) electrons. The van der Waals surface area contributed by atoms with E-state index >= 15 is 0 Å². The molecule has 0 bridgehead atoms. The van der Waals surface area contributed by atoms with Gasteiger partial charge in [0.2, 0.25) is 5.95 Å². The molecule has 0 fully saturated rings. The van der Waals surface area contributed by atoms with Gasteiger partial charge in [-0.1, -0.05) is 13.3 Å². The van der Waals surface area contributed by atoms with E-state index in [0.29, 0.717) is 18.2 Å². The second-order valence-electron chi connectivity index (χ2n) is 5.08. The van der Waals surface area contributed by atoms with E-state index in [1.807, 2.05) is 0 Å². The number of nitrogens with one attached hydrogen (secondary N) is 2. The van der Waals surface area contributed by atoms with Crippen LogP contribution in [0.25, 0.3) is 0 Å². The van der Waals surface area contributed by atoms with E-state index in [-0.39, 0.29) is 11.4 Å². The first-order valence-corrected chi connectivity index (χ1v) is 7.35. The Kier molecular flexibility index (Phi) is 5.56. The molecule has 0 spiro atoms. The molecule has 0 saturated heterocycles. The van der Waals surface area contributed by atoms with E-state index < -0.39 is 17.5 Å². The normalized spacial score (nSPS) is 10.4. The number of rotatable bonds is 6. The van der Waals surface area contributed by atoms with Crippen LogP contribution in [-0.2, 0) is 0 Å². The monoisotopic (exact) mass is 320 g/mol. The number of benzene rings is 1. The summed E-state index contributed by atoms with van der Waals surface area (Å²) in [4.78, 5) is 20.5. The minimum atomic E-state index is -1.02. The Labute approximate surface area is 133 Å². The Balaban J connectivity index is 2.13. The van der Waals surface area contributed by atoms with Crippen LogP contribution in [0.15, 0.2) is 24.3 Å².